The van der Waals surface area contributed by atoms with Crippen LogP contribution in [0.5, 0.6) is 0 Å². The van der Waals surface area contributed by atoms with E-state index in [1.54, 1.807) is 10.9 Å². The Balaban J connectivity index is 3.12. The van der Waals surface area contributed by atoms with Gasteiger partial charge in [0.2, 0.25) is 0 Å². The molecule has 1 rings (SSSR count). The van der Waals surface area contributed by atoms with Gasteiger partial charge < -0.3 is 5.73 Å². The average molecular weight is 135 g/mol. The van der Waals surface area contributed by atoms with Crippen LogP contribution in [0.15, 0.2) is 6.20 Å². The van der Waals surface area contributed by atoms with Gasteiger partial charge in [-0.1, -0.05) is 5.92 Å². The van der Waals surface area contributed by atoms with Crippen molar-refractivity contribution in [1.29, 1.82) is 0 Å². The zero-order chi connectivity index (χ0) is 7.56. The monoisotopic (exact) mass is 135 g/mol. The molecule has 52 valence electrons. The lowest BCUT2D eigenvalue weighted by Gasteiger charge is -1.86. The number of rotatable bonds is 1. The summed E-state index contributed by atoms with van der Waals surface area (Å²) < 4.78 is 1.66. The molecule has 2 N–H and O–H groups in total. The Hall–Kier alpha value is -1.27. The molecule has 0 aliphatic heterocycles. The second kappa shape index (κ2) is 2.54. The van der Waals surface area contributed by atoms with Gasteiger partial charge in [0.05, 0.1) is 11.3 Å². The molecule has 1 aromatic rings. The Morgan fingerprint density at radius 1 is 1.90 bits per heavy atom. The first-order valence-electron chi connectivity index (χ1n) is 2.97. The van der Waals surface area contributed by atoms with Gasteiger partial charge in [-0.2, -0.15) is 5.10 Å². The number of terminal acetylenes is 1. The summed E-state index contributed by atoms with van der Waals surface area (Å²) in [4.78, 5) is 0. The van der Waals surface area contributed by atoms with Crippen LogP contribution >= 0.6 is 0 Å². The molecule has 3 nitrogen and oxygen atoms in total. The Labute approximate surface area is 59.8 Å². The third-order valence-corrected chi connectivity index (χ3v) is 1.25. The van der Waals surface area contributed by atoms with Crippen LogP contribution < -0.4 is 5.73 Å². The Kier molecular flexibility index (Phi) is 1.74. The minimum absolute atomic E-state index is 0.403. The molecule has 1 heterocycles. The third-order valence-electron chi connectivity index (χ3n) is 1.25. The van der Waals surface area contributed by atoms with Gasteiger partial charge in [-0.25, -0.2) is 0 Å². The van der Waals surface area contributed by atoms with E-state index in [4.69, 9.17) is 12.2 Å². The molecular formula is C7H9N3. The largest absolute Gasteiger partial charge is 0.325 e. The lowest BCUT2D eigenvalue weighted by molar-refractivity contribution is 0.742. The molecule has 0 spiro atoms. The van der Waals surface area contributed by atoms with Gasteiger partial charge in [-0.3, -0.25) is 4.68 Å². The van der Waals surface area contributed by atoms with Gasteiger partial charge in [0.25, 0.3) is 0 Å². The first kappa shape index (κ1) is 6.84. The number of nitrogens with zero attached hydrogens (tertiary/aromatic N) is 2. The van der Waals surface area contributed by atoms with Gasteiger partial charge in [-0.05, 0) is 0 Å². The van der Waals surface area contributed by atoms with Crippen LogP contribution in [0.25, 0.3) is 0 Å². The summed E-state index contributed by atoms with van der Waals surface area (Å²) in [5.41, 5.74) is 6.93. The highest BCUT2D eigenvalue weighted by Gasteiger charge is 2.00. The molecule has 0 radical (unpaired) electrons. The van der Waals surface area contributed by atoms with E-state index in [9.17, 15) is 0 Å². The molecule has 0 aromatic carbocycles. The van der Waals surface area contributed by atoms with Gasteiger partial charge >= 0.3 is 0 Å². The number of hydrogen-bond acceptors (Lipinski definition) is 2. The van der Waals surface area contributed by atoms with E-state index in [0.29, 0.717) is 6.54 Å². The predicted molar refractivity (Wildman–Crippen MR) is 39.0 cm³/mol. The van der Waals surface area contributed by atoms with Crippen molar-refractivity contribution in [2.45, 2.75) is 6.54 Å². The number of aryl methyl sites for hydroxylation is 1. The second-order valence-corrected chi connectivity index (χ2v) is 2.01. The molecule has 0 aliphatic rings. The highest BCUT2D eigenvalue weighted by molar-refractivity contribution is 5.33. The van der Waals surface area contributed by atoms with Gasteiger partial charge in [0, 0.05) is 19.8 Å². The Bertz CT molecular complexity index is 267. The molecule has 10 heavy (non-hydrogen) atoms. The summed E-state index contributed by atoms with van der Waals surface area (Å²) in [6.45, 7) is 0.403. The van der Waals surface area contributed by atoms with Crippen molar-refractivity contribution in [3.63, 3.8) is 0 Å². The number of nitrogens with two attached hydrogens (primary N) is 1. The molecule has 0 amide bonds. The molecule has 0 saturated carbocycles. The summed E-state index contributed by atoms with van der Waals surface area (Å²) in [6.07, 6.45) is 6.96. The highest BCUT2D eigenvalue weighted by Crippen LogP contribution is 2.01. The van der Waals surface area contributed by atoms with E-state index in [0.717, 1.165) is 11.3 Å². The van der Waals surface area contributed by atoms with Gasteiger partial charge in [0.1, 0.15) is 0 Å². The van der Waals surface area contributed by atoms with E-state index in [-0.39, 0.29) is 0 Å². The van der Waals surface area contributed by atoms with Gasteiger partial charge in [0.15, 0.2) is 0 Å². The standard InChI is InChI=1S/C7H9N3/c1-3-6-5-10(2)9-7(6)4-8/h1,5H,4,8H2,2H3. The first-order chi connectivity index (χ1) is 4.77. The number of aromatic nitrogens is 2. The molecule has 0 atom stereocenters. The molecule has 0 saturated heterocycles. The van der Waals surface area contributed by atoms with E-state index >= 15 is 0 Å². The van der Waals surface area contributed by atoms with Gasteiger partial charge in [-0.15, -0.1) is 6.42 Å². The van der Waals surface area contributed by atoms with Crippen LogP contribution in [0, 0.1) is 12.3 Å². The summed E-state index contributed by atoms with van der Waals surface area (Å²) >= 11 is 0. The van der Waals surface area contributed by atoms with Crippen molar-refractivity contribution < 1.29 is 0 Å². The van der Waals surface area contributed by atoms with Crippen molar-refractivity contribution in [2.75, 3.05) is 0 Å². The molecule has 0 aliphatic carbocycles. The number of hydrogen-bond donors (Lipinski definition) is 1. The van der Waals surface area contributed by atoms with Crippen LogP contribution in [-0.4, -0.2) is 9.78 Å². The zero-order valence-corrected chi connectivity index (χ0v) is 5.83. The second-order valence-electron chi connectivity index (χ2n) is 2.01. The van der Waals surface area contributed by atoms with Crippen molar-refractivity contribution in [3.8, 4) is 12.3 Å². The summed E-state index contributed by atoms with van der Waals surface area (Å²) in [5.74, 6) is 2.50. The lowest BCUT2D eigenvalue weighted by atomic mass is 10.3. The predicted octanol–water partition coefficient (Wildman–Crippen LogP) is -0.140. The van der Waals surface area contributed by atoms with Crippen LogP contribution in [-0.2, 0) is 13.6 Å². The van der Waals surface area contributed by atoms with Crippen molar-refractivity contribution in [2.24, 2.45) is 12.8 Å². The van der Waals surface area contributed by atoms with Crippen molar-refractivity contribution in [1.82, 2.24) is 9.78 Å². The molecule has 0 bridgehead atoms. The fourth-order valence-electron chi connectivity index (χ4n) is 0.806. The van der Waals surface area contributed by atoms with Crippen LogP contribution in [0.1, 0.15) is 11.3 Å². The first-order valence-corrected chi connectivity index (χ1v) is 2.97. The molecular weight excluding hydrogens is 126 g/mol. The van der Waals surface area contributed by atoms with E-state index in [2.05, 4.69) is 11.0 Å². The molecule has 1 aromatic heterocycles. The summed E-state index contributed by atoms with van der Waals surface area (Å²) in [5, 5.41) is 4.05. The minimum atomic E-state index is 0.403. The maximum atomic E-state index is 5.37. The summed E-state index contributed by atoms with van der Waals surface area (Å²) in [6, 6.07) is 0. The Morgan fingerprint density at radius 2 is 2.60 bits per heavy atom. The Morgan fingerprint density at radius 3 is 3.00 bits per heavy atom. The normalized spacial score (nSPS) is 9.30. The van der Waals surface area contributed by atoms with Crippen molar-refractivity contribution in [3.05, 3.63) is 17.5 Å². The van der Waals surface area contributed by atoms with E-state index in [1.165, 1.54) is 0 Å². The topological polar surface area (TPSA) is 43.8 Å². The molecule has 0 fully saturated rings. The quantitative estimate of drug-likeness (QED) is 0.545. The smallest absolute Gasteiger partial charge is 0.0916 e. The summed E-state index contributed by atoms with van der Waals surface area (Å²) in [7, 11) is 1.82. The lowest BCUT2D eigenvalue weighted by Crippen LogP contribution is -1.99. The SMILES string of the molecule is C#Cc1cn(C)nc1CN. The fraction of sp³-hybridized carbons (Fsp3) is 0.286. The fourth-order valence-corrected chi connectivity index (χ4v) is 0.806. The molecule has 0 unspecified atom stereocenters. The van der Waals surface area contributed by atoms with Crippen LogP contribution in [0.4, 0.5) is 0 Å². The zero-order valence-electron chi connectivity index (χ0n) is 5.83. The average Bonchev–Trinajstić information content (AvgIpc) is 2.30. The van der Waals surface area contributed by atoms with Crippen LogP contribution in [0.3, 0.4) is 0 Å². The molecule has 3 heteroatoms. The third kappa shape index (κ3) is 1.02. The minimum Gasteiger partial charge on any atom is -0.325 e. The van der Waals surface area contributed by atoms with Crippen LogP contribution in [0.2, 0.25) is 0 Å². The highest BCUT2D eigenvalue weighted by atomic mass is 15.3. The van der Waals surface area contributed by atoms with Crippen molar-refractivity contribution >= 4 is 0 Å². The maximum absolute atomic E-state index is 5.37. The van der Waals surface area contributed by atoms with E-state index < -0.39 is 0 Å². The van der Waals surface area contributed by atoms with E-state index in [1.807, 2.05) is 7.05 Å². The maximum Gasteiger partial charge on any atom is 0.0916 e.